The Hall–Kier alpha value is -1.94. The second-order valence-corrected chi connectivity index (χ2v) is 5.33. The molecule has 0 aliphatic carbocycles. The number of aryl methyl sites for hydroxylation is 1. The third-order valence-corrected chi connectivity index (χ3v) is 4.07. The number of thiophene rings is 1. The summed E-state index contributed by atoms with van der Waals surface area (Å²) in [4.78, 5) is 12.6. The van der Waals surface area contributed by atoms with Gasteiger partial charge in [-0.15, -0.1) is 11.3 Å². The van der Waals surface area contributed by atoms with E-state index in [1.54, 1.807) is 28.3 Å². The lowest BCUT2D eigenvalue weighted by molar-refractivity contribution is 0.103. The zero-order valence-corrected chi connectivity index (χ0v) is 11.5. The molecule has 0 unspecified atom stereocenters. The molecule has 0 N–H and O–H groups in total. The quantitative estimate of drug-likeness (QED) is 0.677. The Morgan fingerprint density at radius 1 is 1.32 bits per heavy atom. The molecule has 3 aromatic rings. The third kappa shape index (κ3) is 2.08. The van der Waals surface area contributed by atoms with Gasteiger partial charge in [0.25, 0.3) is 0 Å². The van der Waals surface area contributed by atoms with Crippen LogP contribution in [0.1, 0.15) is 29.4 Å². The van der Waals surface area contributed by atoms with Crippen LogP contribution in [0, 0.1) is 0 Å². The number of nitrogens with zero attached hydrogens (tertiary/aromatic N) is 2. The first-order chi connectivity index (χ1) is 9.31. The zero-order valence-electron chi connectivity index (χ0n) is 10.7. The highest BCUT2D eigenvalue weighted by Crippen LogP contribution is 2.27. The monoisotopic (exact) mass is 270 g/mol. The average molecular weight is 270 g/mol. The molecule has 2 heterocycles. The number of ketones is 1. The summed E-state index contributed by atoms with van der Waals surface area (Å²) in [7, 11) is 0. The molecule has 0 atom stereocenters. The van der Waals surface area contributed by atoms with E-state index in [1.807, 2.05) is 29.6 Å². The van der Waals surface area contributed by atoms with Gasteiger partial charge in [-0.1, -0.05) is 25.1 Å². The van der Waals surface area contributed by atoms with Crippen LogP contribution >= 0.6 is 11.3 Å². The van der Waals surface area contributed by atoms with E-state index in [0.29, 0.717) is 5.69 Å². The van der Waals surface area contributed by atoms with Crippen molar-refractivity contribution in [3.05, 3.63) is 53.2 Å². The van der Waals surface area contributed by atoms with Crippen LogP contribution < -0.4 is 0 Å². The predicted octanol–water partition coefficient (Wildman–Crippen LogP) is 3.74. The fourth-order valence-corrected chi connectivity index (χ4v) is 3.15. The van der Waals surface area contributed by atoms with Gasteiger partial charge in [0.1, 0.15) is 5.69 Å². The number of fused-ring (bicyclic) bond motifs is 1. The fourth-order valence-electron chi connectivity index (χ4n) is 2.21. The molecule has 0 spiro atoms. The second kappa shape index (κ2) is 4.97. The molecule has 3 nitrogen and oxygen atoms in total. The Morgan fingerprint density at radius 2 is 2.16 bits per heavy atom. The molecule has 2 aromatic heterocycles. The van der Waals surface area contributed by atoms with E-state index in [2.05, 4.69) is 12.0 Å². The van der Waals surface area contributed by atoms with Crippen molar-refractivity contribution in [1.29, 1.82) is 0 Å². The number of carbonyl (C=O) groups is 1. The molecule has 4 heteroatoms. The molecule has 19 heavy (non-hydrogen) atoms. The molecule has 0 aliphatic heterocycles. The summed E-state index contributed by atoms with van der Waals surface area (Å²) in [5.41, 5.74) is 1.45. The third-order valence-electron chi connectivity index (χ3n) is 3.11. The van der Waals surface area contributed by atoms with Crippen molar-refractivity contribution in [3.8, 4) is 0 Å². The van der Waals surface area contributed by atoms with Crippen molar-refractivity contribution in [3.63, 3.8) is 0 Å². The second-order valence-electron chi connectivity index (χ2n) is 4.41. The van der Waals surface area contributed by atoms with Crippen molar-refractivity contribution in [2.45, 2.75) is 19.9 Å². The lowest BCUT2D eigenvalue weighted by atomic mass is 10.1. The van der Waals surface area contributed by atoms with Gasteiger partial charge in [-0.2, -0.15) is 5.10 Å². The Kier molecular flexibility index (Phi) is 3.17. The number of aromatic nitrogens is 2. The van der Waals surface area contributed by atoms with Gasteiger partial charge in [0.05, 0.1) is 0 Å². The predicted molar refractivity (Wildman–Crippen MR) is 77.8 cm³/mol. The number of rotatable bonds is 4. The number of hydrogen-bond donors (Lipinski definition) is 0. The van der Waals surface area contributed by atoms with Crippen molar-refractivity contribution >= 4 is 27.2 Å². The molecule has 0 fully saturated rings. The minimum Gasteiger partial charge on any atom is -0.287 e. The van der Waals surface area contributed by atoms with Crippen LogP contribution in [-0.2, 0) is 6.54 Å². The molecule has 96 valence electrons. The maximum atomic E-state index is 12.6. The molecule has 0 bridgehead atoms. The number of carbonyl (C=O) groups excluding carboxylic acids is 1. The lowest BCUT2D eigenvalue weighted by Gasteiger charge is -2.04. The van der Waals surface area contributed by atoms with E-state index in [1.165, 1.54) is 0 Å². The van der Waals surface area contributed by atoms with E-state index >= 15 is 0 Å². The minimum atomic E-state index is 0.0587. The lowest BCUT2D eigenvalue weighted by Crippen LogP contribution is -2.11. The van der Waals surface area contributed by atoms with Gasteiger partial charge in [-0.25, -0.2) is 0 Å². The maximum absolute atomic E-state index is 12.6. The van der Waals surface area contributed by atoms with Gasteiger partial charge in [-0.05, 0) is 18.6 Å². The first kappa shape index (κ1) is 12.1. The smallest absolute Gasteiger partial charge is 0.212 e. The highest BCUT2D eigenvalue weighted by molar-refractivity contribution is 7.17. The van der Waals surface area contributed by atoms with Crippen LogP contribution in [0.4, 0.5) is 0 Å². The zero-order chi connectivity index (χ0) is 13.2. The van der Waals surface area contributed by atoms with Crippen LogP contribution in [0.2, 0.25) is 0 Å². The Morgan fingerprint density at radius 3 is 3.00 bits per heavy atom. The van der Waals surface area contributed by atoms with E-state index in [4.69, 9.17) is 0 Å². The molecule has 3 rings (SSSR count). The van der Waals surface area contributed by atoms with E-state index in [-0.39, 0.29) is 5.78 Å². The first-order valence-corrected chi connectivity index (χ1v) is 7.22. The number of hydrogen-bond acceptors (Lipinski definition) is 3. The van der Waals surface area contributed by atoms with Gasteiger partial charge in [0.15, 0.2) is 0 Å². The molecule has 0 aliphatic rings. The SMILES string of the molecule is CCCn1nccc1C(=O)c1csc2ccccc12. The van der Waals surface area contributed by atoms with Gasteiger partial charge in [0, 0.05) is 33.8 Å². The highest BCUT2D eigenvalue weighted by atomic mass is 32.1. The summed E-state index contributed by atoms with van der Waals surface area (Å²) in [6.45, 7) is 2.85. The normalized spacial score (nSPS) is 11.0. The summed E-state index contributed by atoms with van der Waals surface area (Å²) in [6, 6.07) is 9.80. The van der Waals surface area contributed by atoms with Crippen LogP contribution in [0.5, 0.6) is 0 Å². The highest BCUT2D eigenvalue weighted by Gasteiger charge is 2.17. The van der Waals surface area contributed by atoms with Crippen LogP contribution in [0.25, 0.3) is 10.1 Å². The molecular formula is C15H14N2OS. The van der Waals surface area contributed by atoms with Crippen LogP contribution in [-0.4, -0.2) is 15.6 Å². The van der Waals surface area contributed by atoms with Gasteiger partial charge >= 0.3 is 0 Å². The summed E-state index contributed by atoms with van der Waals surface area (Å²) in [5, 5.41) is 7.19. The van der Waals surface area contributed by atoms with Gasteiger partial charge in [0.2, 0.25) is 5.78 Å². The number of benzene rings is 1. The molecule has 1 aromatic carbocycles. The minimum absolute atomic E-state index is 0.0587. The Labute approximate surface area is 115 Å². The van der Waals surface area contributed by atoms with Gasteiger partial charge < -0.3 is 0 Å². The molecule has 0 saturated carbocycles. The molecule has 0 radical (unpaired) electrons. The average Bonchev–Trinajstić information content (AvgIpc) is 3.04. The van der Waals surface area contributed by atoms with E-state index in [9.17, 15) is 4.79 Å². The molecule has 0 amide bonds. The first-order valence-electron chi connectivity index (χ1n) is 6.34. The van der Waals surface area contributed by atoms with E-state index < -0.39 is 0 Å². The summed E-state index contributed by atoms with van der Waals surface area (Å²) < 4.78 is 2.93. The van der Waals surface area contributed by atoms with Crippen molar-refractivity contribution in [2.24, 2.45) is 0 Å². The topological polar surface area (TPSA) is 34.9 Å². The van der Waals surface area contributed by atoms with Crippen LogP contribution in [0.3, 0.4) is 0 Å². The standard InChI is InChI=1S/C15H14N2OS/c1-2-9-17-13(7-8-16-17)15(18)12-10-19-14-6-4-3-5-11(12)14/h3-8,10H,2,9H2,1H3. The summed E-state index contributed by atoms with van der Waals surface area (Å²) in [6.07, 6.45) is 2.66. The van der Waals surface area contributed by atoms with E-state index in [0.717, 1.165) is 28.6 Å². The molecular weight excluding hydrogens is 256 g/mol. The van der Waals surface area contributed by atoms with Crippen molar-refractivity contribution < 1.29 is 4.79 Å². The van der Waals surface area contributed by atoms with Crippen LogP contribution in [0.15, 0.2) is 41.9 Å². The maximum Gasteiger partial charge on any atom is 0.212 e. The summed E-state index contributed by atoms with van der Waals surface area (Å²) in [5.74, 6) is 0.0587. The van der Waals surface area contributed by atoms with Crippen molar-refractivity contribution in [1.82, 2.24) is 9.78 Å². The Balaban J connectivity index is 2.06. The largest absolute Gasteiger partial charge is 0.287 e. The van der Waals surface area contributed by atoms with Crippen molar-refractivity contribution in [2.75, 3.05) is 0 Å². The molecule has 0 saturated heterocycles. The van der Waals surface area contributed by atoms with Gasteiger partial charge in [-0.3, -0.25) is 9.48 Å². The fraction of sp³-hybridized carbons (Fsp3) is 0.200. The Bertz CT molecular complexity index is 726. The summed E-state index contributed by atoms with van der Waals surface area (Å²) >= 11 is 1.61.